The van der Waals surface area contributed by atoms with Crippen molar-refractivity contribution in [1.29, 1.82) is 0 Å². The number of carbonyl (C=O) groups excluding carboxylic acids is 1. The first-order chi connectivity index (χ1) is 16.5. The molecular weight excluding hydrogens is 469 g/mol. The average Bonchev–Trinajstić information content (AvgIpc) is 3.21. The first-order valence-electron chi connectivity index (χ1n) is 11.1. The van der Waals surface area contributed by atoms with Gasteiger partial charge in [0.25, 0.3) is 0 Å². The number of nitrogens with zero attached hydrogens (tertiary/aromatic N) is 3. The monoisotopic (exact) mass is 493 g/mol. The fourth-order valence-corrected chi connectivity index (χ4v) is 3.96. The van der Waals surface area contributed by atoms with E-state index in [1.807, 2.05) is 55.5 Å². The molecule has 0 saturated carbocycles. The number of hydrogen-bond donors (Lipinski definition) is 2. The summed E-state index contributed by atoms with van der Waals surface area (Å²) in [4.78, 5) is 16.8. The van der Waals surface area contributed by atoms with E-state index in [2.05, 4.69) is 15.7 Å². The van der Waals surface area contributed by atoms with Gasteiger partial charge in [0.1, 0.15) is 5.82 Å². The van der Waals surface area contributed by atoms with Gasteiger partial charge < -0.3 is 10.6 Å². The molecule has 6 nitrogen and oxygen atoms in total. The summed E-state index contributed by atoms with van der Waals surface area (Å²) in [6, 6.07) is 17.0. The molecule has 0 bridgehead atoms. The standard InChI is InChI=1S/C26H25Cl2N5O/c1-18-17-31-33-24(16-23(32-26(18)33)21-9-2-3-10-22(21)28)29-13-4-5-14-30-25(34)12-11-19-7-6-8-20(27)15-19/h2-3,6-12,15-17,29H,4-5,13-14H2,1H3,(H,30,34)/b12-11+. The molecule has 174 valence electrons. The van der Waals surface area contributed by atoms with E-state index in [0.29, 0.717) is 16.6 Å². The molecule has 0 unspecified atom stereocenters. The number of halogens is 2. The van der Waals surface area contributed by atoms with Crippen molar-refractivity contribution in [1.82, 2.24) is 19.9 Å². The van der Waals surface area contributed by atoms with Crippen molar-refractivity contribution in [2.24, 2.45) is 0 Å². The second-order valence-electron chi connectivity index (χ2n) is 7.88. The fraction of sp³-hybridized carbons (Fsp3) is 0.192. The van der Waals surface area contributed by atoms with Gasteiger partial charge in [-0.25, -0.2) is 4.98 Å². The molecule has 0 aliphatic rings. The number of amides is 1. The van der Waals surface area contributed by atoms with Gasteiger partial charge in [0, 0.05) is 46.4 Å². The number of aromatic nitrogens is 3. The molecule has 2 aromatic carbocycles. The van der Waals surface area contributed by atoms with Gasteiger partial charge in [-0.15, -0.1) is 0 Å². The van der Waals surface area contributed by atoms with Crippen LogP contribution in [0.4, 0.5) is 5.82 Å². The van der Waals surface area contributed by atoms with Crippen LogP contribution in [0.3, 0.4) is 0 Å². The second kappa shape index (κ2) is 11.2. The van der Waals surface area contributed by atoms with Gasteiger partial charge in [0.2, 0.25) is 5.91 Å². The van der Waals surface area contributed by atoms with E-state index in [0.717, 1.165) is 53.2 Å². The largest absolute Gasteiger partial charge is 0.370 e. The lowest BCUT2D eigenvalue weighted by Crippen LogP contribution is -2.22. The zero-order chi connectivity index (χ0) is 23.9. The van der Waals surface area contributed by atoms with E-state index in [1.165, 1.54) is 6.08 Å². The lowest BCUT2D eigenvalue weighted by Gasteiger charge is -2.12. The quantitative estimate of drug-likeness (QED) is 0.220. The zero-order valence-electron chi connectivity index (χ0n) is 18.8. The van der Waals surface area contributed by atoms with E-state index < -0.39 is 0 Å². The van der Waals surface area contributed by atoms with Crippen molar-refractivity contribution < 1.29 is 4.79 Å². The molecule has 8 heteroatoms. The minimum absolute atomic E-state index is 0.125. The van der Waals surface area contributed by atoms with Gasteiger partial charge in [-0.05, 0) is 49.6 Å². The predicted molar refractivity (Wildman–Crippen MR) is 139 cm³/mol. The maximum atomic E-state index is 12.0. The van der Waals surface area contributed by atoms with Crippen molar-refractivity contribution in [2.75, 3.05) is 18.4 Å². The summed E-state index contributed by atoms with van der Waals surface area (Å²) in [7, 11) is 0. The van der Waals surface area contributed by atoms with Crippen molar-refractivity contribution >= 4 is 46.7 Å². The molecule has 0 atom stereocenters. The predicted octanol–water partition coefficient (Wildman–Crippen LogP) is 6.03. The number of unbranched alkanes of at least 4 members (excludes halogenated alkanes) is 1. The normalized spacial score (nSPS) is 11.3. The topological polar surface area (TPSA) is 71.3 Å². The summed E-state index contributed by atoms with van der Waals surface area (Å²) in [5.74, 6) is 0.724. The highest BCUT2D eigenvalue weighted by Crippen LogP contribution is 2.29. The molecular formula is C26H25Cl2N5O. The lowest BCUT2D eigenvalue weighted by atomic mass is 10.1. The van der Waals surface area contributed by atoms with Crippen LogP contribution >= 0.6 is 23.2 Å². The number of nitrogens with one attached hydrogen (secondary N) is 2. The highest BCUT2D eigenvalue weighted by molar-refractivity contribution is 6.33. The molecule has 4 aromatic rings. The van der Waals surface area contributed by atoms with E-state index in [-0.39, 0.29) is 5.91 Å². The highest BCUT2D eigenvalue weighted by Gasteiger charge is 2.12. The third-order valence-corrected chi connectivity index (χ3v) is 5.85. The van der Waals surface area contributed by atoms with Crippen LogP contribution in [0.25, 0.3) is 23.0 Å². The Morgan fingerprint density at radius 1 is 1.06 bits per heavy atom. The molecule has 0 fully saturated rings. The molecule has 0 aliphatic heterocycles. The van der Waals surface area contributed by atoms with Crippen molar-refractivity contribution in [2.45, 2.75) is 19.8 Å². The summed E-state index contributed by atoms with van der Waals surface area (Å²) >= 11 is 12.4. The van der Waals surface area contributed by atoms with Gasteiger partial charge >= 0.3 is 0 Å². The number of benzene rings is 2. The van der Waals surface area contributed by atoms with E-state index in [9.17, 15) is 4.79 Å². The molecule has 4 rings (SSSR count). The van der Waals surface area contributed by atoms with Crippen LogP contribution in [0.2, 0.25) is 10.0 Å². The van der Waals surface area contributed by atoms with Crippen molar-refractivity contribution in [3.8, 4) is 11.3 Å². The molecule has 2 N–H and O–H groups in total. The molecule has 0 spiro atoms. The number of carbonyl (C=O) groups is 1. The number of fused-ring (bicyclic) bond motifs is 1. The Hall–Kier alpha value is -3.35. The fourth-order valence-electron chi connectivity index (χ4n) is 3.52. The summed E-state index contributed by atoms with van der Waals surface area (Å²) in [6.45, 7) is 3.31. The van der Waals surface area contributed by atoms with Crippen molar-refractivity contribution in [3.63, 3.8) is 0 Å². The van der Waals surface area contributed by atoms with Crippen LogP contribution < -0.4 is 10.6 Å². The van der Waals surface area contributed by atoms with E-state index in [1.54, 1.807) is 22.9 Å². The zero-order valence-corrected chi connectivity index (χ0v) is 20.3. The Bertz CT molecular complexity index is 1330. The van der Waals surface area contributed by atoms with Crippen LogP contribution in [0.1, 0.15) is 24.0 Å². The molecule has 2 aromatic heterocycles. The summed E-state index contributed by atoms with van der Waals surface area (Å²) < 4.78 is 1.80. The van der Waals surface area contributed by atoms with Crippen LogP contribution in [0.5, 0.6) is 0 Å². The summed E-state index contributed by atoms with van der Waals surface area (Å²) in [5, 5.41) is 12.1. The number of hydrogen-bond acceptors (Lipinski definition) is 4. The SMILES string of the molecule is Cc1cnn2c(NCCCCNC(=O)/C=C/c3cccc(Cl)c3)cc(-c3ccccc3Cl)nc12. The van der Waals surface area contributed by atoms with Gasteiger partial charge in [-0.2, -0.15) is 9.61 Å². The Morgan fingerprint density at radius 3 is 2.71 bits per heavy atom. The maximum Gasteiger partial charge on any atom is 0.243 e. The number of anilines is 1. The molecule has 0 saturated heterocycles. The van der Waals surface area contributed by atoms with Gasteiger partial charge in [-0.3, -0.25) is 4.79 Å². The third kappa shape index (κ3) is 5.95. The molecule has 0 radical (unpaired) electrons. The third-order valence-electron chi connectivity index (χ3n) is 5.28. The summed E-state index contributed by atoms with van der Waals surface area (Å²) in [5.41, 5.74) is 4.34. The minimum atomic E-state index is -0.125. The van der Waals surface area contributed by atoms with Crippen LogP contribution in [0, 0.1) is 6.92 Å². The van der Waals surface area contributed by atoms with E-state index in [4.69, 9.17) is 28.2 Å². The second-order valence-corrected chi connectivity index (χ2v) is 8.73. The lowest BCUT2D eigenvalue weighted by molar-refractivity contribution is -0.116. The number of rotatable bonds is 9. The first-order valence-corrected chi connectivity index (χ1v) is 11.8. The number of aryl methyl sites for hydroxylation is 1. The Kier molecular flexibility index (Phi) is 7.83. The Balaban J connectivity index is 1.31. The molecule has 2 heterocycles. The van der Waals surface area contributed by atoms with E-state index >= 15 is 0 Å². The minimum Gasteiger partial charge on any atom is -0.370 e. The summed E-state index contributed by atoms with van der Waals surface area (Å²) in [6.07, 6.45) is 6.79. The Labute approximate surface area is 208 Å². The van der Waals surface area contributed by atoms with Crippen LogP contribution in [-0.2, 0) is 4.79 Å². The first kappa shape index (κ1) is 23.8. The maximum absolute atomic E-state index is 12.0. The van der Waals surface area contributed by atoms with Crippen LogP contribution in [0.15, 0.2) is 66.9 Å². The molecule has 34 heavy (non-hydrogen) atoms. The van der Waals surface area contributed by atoms with Gasteiger partial charge in [0.05, 0.1) is 11.9 Å². The van der Waals surface area contributed by atoms with Crippen molar-refractivity contribution in [3.05, 3.63) is 88.0 Å². The molecule has 0 aliphatic carbocycles. The highest BCUT2D eigenvalue weighted by atomic mass is 35.5. The van der Waals surface area contributed by atoms with Gasteiger partial charge in [0.15, 0.2) is 5.65 Å². The van der Waals surface area contributed by atoms with Crippen LogP contribution in [-0.4, -0.2) is 33.6 Å². The smallest absolute Gasteiger partial charge is 0.243 e. The van der Waals surface area contributed by atoms with Gasteiger partial charge in [-0.1, -0.05) is 53.5 Å². The molecule has 1 amide bonds. The average molecular weight is 494 g/mol. The Morgan fingerprint density at radius 2 is 1.88 bits per heavy atom.